The van der Waals surface area contributed by atoms with Crippen molar-refractivity contribution in [3.8, 4) is 0 Å². The molecule has 140 valence electrons. The molecule has 2 aromatic heterocycles. The van der Waals surface area contributed by atoms with E-state index in [0.717, 1.165) is 6.20 Å². The fraction of sp³-hybridized carbons (Fsp3) is 0.500. The summed E-state index contributed by atoms with van der Waals surface area (Å²) in [5.74, 6) is -1.69. The molecule has 3 heterocycles. The number of likely N-dealkylation sites (tertiary alicyclic amines) is 1. The number of aromatic carboxylic acids is 1. The summed E-state index contributed by atoms with van der Waals surface area (Å²) in [6.45, 7) is 6.47. The lowest BCUT2D eigenvalue weighted by atomic mass is 10.1. The van der Waals surface area contributed by atoms with Crippen LogP contribution >= 0.6 is 0 Å². The molecular formula is C18H22FN3O4. The van der Waals surface area contributed by atoms with Crippen LogP contribution in [0.3, 0.4) is 0 Å². The van der Waals surface area contributed by atoms with Crippen LogP contribution in [0.25, 0.3) is 11.0 Å². The number of hydrogen-bond donors (Lipinski definition) is 1. The van der Waals surface area contributed by atoms with Gasteiger partial charge in [0.2, 0.25) is 0 Å². The van der Waals surface area contributed by atoms with Crippen molar-refractivity contribution in [2.45, 2.75) is 45.3 Å². The number of carboxylic acids is 1. The predicted octanol–water partition coefficient (Wildman–Crippen LogP) is 3.45. The van der Waals surface area contributed by atoms with Crippen LogP contribution in [-0.2, 0) is 4.74 Å². The highest BCUT2D eigenvalue weighted by Crippen LogP contribution is 2.30. The number of halogens is 1. The van der Waals surface area contributed by atoms with Crippen LogP contribution in [0.2, 0.25) is 0 Å². The lowest BCUT2D eigenvalue weighted by Crippen LogP contribution is -2.42. The minimum atomic E-state index is -1.12. The van der Waals surface area contributed by atoms with Crippen molar-refractivity contribution in [2.24, 2.45) is 0 Å². The molecule has 0 radical (unpaired) electrons. The van der Waals surface area contributed by atoms with Crippen molar-refractivity contribution in [3.63, 3.8) is 0 Å². The quantitative estimate of drug-likeness (QED) is 0.883. The standard InChI is InChI=1S/C18H22FN3O4/c1-18(2,3)26-17(25)21-6-4-12(5-7-21)22-10-14(16(23)24)13-8-11(19)9-20-15(13)22/h8-10,12H,4-7H2,1-3H3,(H,23,24). The molecule has 7 nitrogen and oxygen atoms in total. The van der Waals surface area contributed by atoms with Gasteiger partial charge in [0, 0.05) is 30.7 Å². The van der Waals surface area contributed by atoms with Crippen LogP contribution in [0, 0.1) is 5.82 Å². The third kappa shape index (κ3) is 3.63. The zero-order valence-corrected chi connectivity index (χ0v) is 15.0. The van der Waals surface area contributed by atoms with E-state index in [1.54, 1.807) is 9.47 Å². The number of nitrogens with zero attached hydrogens (tertiary/aromatic N) is 3. The minimum Gasteiger partial charge on any atom is -0.478 e. The van der Waals surface area contributed by atoms with Crippen LogP contribution in [-0.4, -0.2) is 50.3 Å². The van der Waals surface area contributed by atoms with Gasteiger partial charge in [0.25, 0.3) is 0 Å². The normalized spacial score (nSPS) is 16.1. The van der Waals surface area contributed by atoms with Crippen LogP contribution < -0.4 is 0 Å². The Bertz CT molecular complexity index is 848. The van der Waals surface area contributed by atoms with Gasteiger partial charge in [-0.25, -0.2) is 19.0 Å². The molecule has 2 aromatic rings. The van der Waals surface area contributed by atoms with Crippen molar-refractivity contribution in [2.75, 3.05) is 13.1 Å². The van der Waals surface area contributed by atoms with E-state index in [2.05, 4.69) is 4.98 Å². The van der Waals surface area contributed by atoms with Gasteiger partial charge in [0.15, 0.2) is 0 Å². The molecule has 0 spiro atoms. The predicted molar refractivity (Wildman–Crippen MR) is 92.7 cm³/mol. The maximum atomic E-state index is 13.5. The Morgan fingerprint density at radius 1 is 1.31 bits per heavy atom. The molecule has 1 saturated heterocycles. The summed E-state index contributed by atoms with van der Waals surface area (Å²) in [4.78, 5) is 29.4. The largest absolute Gasteiger partial charge is 0.478 e. The molecule has 1 aliphatic rings. The SMILES string of the molecule is CC(C)(C)OC(=O)N1CCC(n2cc(C(=O)O)c3cc(F)cnc32)CC1. The molecule has 0 atom stereocenters. The molecule has 0 aliphatic carbocycles. The molecule has 0 bridgehead atoms. The monoisotopic (exact) mass is 363 g/mol. The number of pyridine rings is 1. The first-order chi connectivity index (χ1) is 12.2. The highest BCUT2D eigenvalue weighted by Gasteiger charge is 2.29. The number of rotatable bonds is 2. The van der Waals surface area contributed by atoms with E-state index in [4.69, 9.17) is 4.74 Å². The van der Waals surface area contributed by atoms with Gasteiger partial charge in [0.1, 0.15) is 17.1 Å². The highest BCUT2D eigenvalue weighted by molar-refractivity contribution is 6.02. The number of carboxylic acid groups (broad SMARTS) is 1. The first-order valence-corrected chi connectivity index (χ1v) is 8.53. The maximum Gasteiger partial charge on any atom is 0.410 e. The Kier molecular flexibility index (Phi) is 4.60. The number of ether oxygens (including phenoxy) is 1. The number of aromatic nitrogens is 2. The van der Waals surface area contributed by atoms with Crippen LogP contribution in [0.4, 0.5) is 9.18 Å². The van der Waals surface area contributed by atoms with Crippen molar-refractivity contribution in [3.05, 3.63) is 29.8 Å². The van der Waals surface area contributed by atoms with Gasteiger partial charge >= 0.3 is 12.1 Å². The minimum absolute atomic E-state index is 0.0118. The first-order valence-electron chi connectivity index (χ1n) is 8.53. The van der Waals surface area contributed by atoms with E-state index in [1.807, 2.05) is 20.8 Å². The van der Waals surface area contributed by atoms with Crippen molar-refractivity contribution in [1.29, 1.82) is 0 Å². The maximum absolute atomic E-state index is 13.5. The van der Waals surface area contributed by atoms with E-state index >= 15 is 0 Å². The van der Waals surface area contributed by atoms with E-state index in [9.17, 15) is 19.1 Å². The van der Waals surface area contributed by atoms with Crippen LogP contribution in [0.5, 0.6) is 0 Å². The Morgan fingerprint density at radius 3 is 2.54 bits per heavy atom. The van der Waals surface area contributed by atoms with Gasteiger partial charge in [0.05, 0.1) is 11.8 Å². The Morgan fingerprint density at radius 2 is 1.96 bits per heavy atom. The zero-order valence-electron chi connectivity index (χ0n) is 15.0. The van der Waals surface area contributed by atoms with Crippen LogP contribution in [0.15, 0.2) is 18.5 Å². The second kappa shape index (κ2) is 6.59. The average Bonchev–Trinajstić information content (AvgIpc) is 2.92. The van der Waals surface area contributed by atoms with E-state index in [1.165, 1.54) is 12.3 Å². The zero-order chi connectivity index (χ0) is 19.1. The van der Waals surface area contributed by atoms with Gasteiger partial charge < -0.3 is 19.3 Å². The summed E-state index contributed by atoms with van der Waals surface area (Å²) >= 11 is 0. The summed E-state index contributed by atoms with van der Waals surface area (Å²) in [7, 11) is 0. The lowest BCUT2D eigenvalue weighted by Gasteiger charge is -2.34. The number of amides is 1. The third-order valence-corrected chi connectivity index (χ3v) is 4.38. The van der Waals surface area contributed by atoms with E-state index in [0.29, 0.717) is 31.6 Å². The molecule has 1 fully saturated rings. The summed E-state index contributed by atoms with van der Waals surface area (Å²) in [6, 6.07) is 1.18. The summed E-state index contributed by atoms with van der Waals surface area (Å²) in [5.41, 5.74) is -0.0735. The first kappa shape index (κ1) is 18.2. The van der Waals surface area contributed by atoms with Gasteiger partial charge in [-0.15, -0.1) is 0 Å². The topological polar surface area (TPSA) is 84.7 Å². The Hall–Kier alpha value is -2.64. The molecule has 1 aliphatic heterocycles. The van der Waals surface area contributed by atoms with E-state index in [-0.39, 0.29) is 23.1 Å². The molecule has 1 N–H and O–H groups in total. The summed E-state index contributed by atoms with van der Waals surface area (Å²) in [5, 5.41) is 9.66. The fourth-order valence-corrected chi connectivity index (χ4v) is 3.21. The Labute approximate surface area is 150 Å². The third-order valence-electron chi connectivity index (χ3n) is 4.38. The van der Waals surface area contributed by atoms with Crippen molar-refractivity contribution in [1.82, 2.24) is 14.5 Å². The van der Waals surface area contributed by atoms with E-state index < -0.39 is 17.4 Å². The smallest absolute Gasteiger partial charge is 0.410 e. The molecule has 0 aromatic carbocycles. The molecule has 0 saturated carbocycles. The lowest BCUT2D eigenvalue weighted by molar-refractivity contribution is 0.0189. The van der Waals surface area contributed by atoms with Gasteiger partial charge in [-0.2, -0.15) is 0 Å². The van der Waals surface area contributed by atoms with Gasteiger partial charge in [-0.05, 0) is 39.7 Å². The molecule has 0 unspecified atom stereocenters. The molecule has 8 heteroatoms. The second-order valence-electron chi connectivity index (χ2n) is 7.48. The van der Waals surface area contributed by atoms with Crippen molar-refractivity contribution < 1.29 is 23.8 Å². The number of carbonyl (C=O) groups excluding carboxylic acids is 1. The Balaban J connectivity index is 1.80. The summed E-state index contributed by atoms with van der Waals surface area (Å²) < 4.78 is 20.7. The van der Waals surface area contributed by atoms with Gasteiger partial charge in [-0.1, -0.05) is 0 Å². The number of carbonyl (C=O) groups is 2. The van der Waals surface area contributed by atoms with Crippen LogP contribution in [0.1, 0.15) is 50.0 Å². The molecule has 3 rings (SSSR count). The highest BCUT2D eigenvalue weighted by atomic mass is 19.1. The number of piperidine rings is 1. The average molecular weight is 363 g/mol. The number of fused-ring (bicyclic) bond motifs is 1. The van der Waals surface area contributed by atoms with Gasteiger partial charge in [-0.3, -0.25) is 0 Å². The van der Waals surface area contributed by atoms with Crippen molar-refractivity contribution >= 4 is 23.1 Å². The molecule has 1 amide bonds. The number of hydrogen-bond acceptors (Lipinski definition) is 4. The summed E-state index contributed by atoms with van der Waals surface area (Å²) in [6.07, 6.45) is 3.52. The fourth-order valence-electron chi connectivity index (χ4n) is 3.21. The molecule has 26 heavy (non-hydrogen) atoms. The molecular weight excluding hydrogens is 341 g/mol. The second-order valence-corrected chi connectivity index (χ2v) is 7.48.